The van der Waals surface area contributed by atoms with Crippen molar-refractivity contribution < 1.29 is 5.11 Å². The average molecular weight is 488 g/mol. The molecule has 0 aliphatic heterocycles. The molecule has 0 atom stereocenters. The lowest BCUT2D eigenvalue weighted by Gasteiger charge is -2.42. The molecule has 7 rings (SSSR count). The van der Waals surface area contributed by atoms with Gasteiger partial charge in [-0.15, -0.1) is 10.2 Å². The molecule has 1 fully saturated rings. The number of nitrogens with two attached hydrogens (primary N) is 1. The van der Waals surface area contributed by atoms with Crippen LogP contribution in [0.25, 0.3) is 50.5 Å². The molecule has 6 aromatic rings. The number of nitrogens with zero attached hydrogens (tertiary/aromatic N) is 6. The second kappa shape index (κ2) is 8.06. The van der Waals surface area contributed by atoms with Crippen molar-refractivity contribution in [3.05, 3.63) is 91.0 Å². The lowest BCUT2D eigenvalue weighted by atomic mass is 9.70. The molecule has 0 radical (unpaired) electrons. The minimum atomic E-state index is -0.457. The van der Waals surface area contributed by atoms with Crippen molar-refractivity contribution in [3.63, 3.8) is 0 Å². The Labute approximate surface area is 213 Å². The molecule has 0 amide bonds. The van der Waals surface area contributed by atoms with Gasteiger partial charge in [0, 0.05) is 41.5 Å². The summed E-state index contributed by atoms with van der Waals surface area (Å²) in [5, 5.41) is 19.7. The molecular formula is C29H25N7O. The van der Waals surface area contributed by atoms with Crippen LogP contribution in [0.15, 0.2) is 85.5 Å². The Bertz CT molecular complexity index is 1760. The Morgan fingerprint density at radius 2 is 1.76 bits per heavy atom. The minimum Gasteiger partial charge on any atom is -0.393 e. The van der Waals surface area contributed by atoms with Gasteiger partial charge in [-0.25, -0.2) is 9.97 Å². The van der Waals surface area contributed by atoms with Crippen molar-refractivity contribution >= 4 is 16.6 Å². The fourth-order valence-electron chi connectivity index (χ4n) is 5.33. The quantitative estimate of drug-likeness (QED) is 0.384. The summed E-state index contributed by atoms with van der Waals surface area (Å²) < 4.78 is 3.85. The molecule has 0 bridgehead atoms. The summed E-state index contributed by atoms with van der Waals surface area (Å²) in [6, 6.07) is 22.7. The fraction of sp³-hybridized carbons (Fsp3) is 0.172. The molecule has 0 saturated heterocycles. The fourth-order valence-corrected chi connectivity index (χ4v) is 5.33. The molecule has 8 nitrogen and oxygen atoms in total. The van der Waals surface area contributed by atoms with Gasteiger partial charge in [-0.05, 0) is 36.1 Å². The Balaban J connectivity index is 1.40. The van der Waals surface area contributed by atoms with E-state index in [4.69, 9.17) is 10.7 Å². The van der Waals surface area contributed by atoms with Gasteiger partial charge in [-0.1, -0.05) is 54.6 Å². The second-order valence-electron chi connectivity index (χ2n) is 9.94. The highest BCUT2D eigenvalue weighted by molar-refractivity contribution is 5.98. The highest BCUT2D eigenvalue weighted by Gasteiger charge is 2.41. The highest BCUT2D eigenvalue weighted by Crippen LogP contribution is 2.40. The lowest BCUT2D eigenvalue weighted by molar-refractivity contribution is 0.0209. The summed E-state index contributed by atoms with van der Waals surface area (Å²) in [7, 11) is 1.93. The molecule has 0 unspecified atom stereocenters. The van der Waals surface area contributed by atoms with Crippen LogP contribution >= 0.6 is 0 Å². The molecule has 2 aromatic carbocycles. The molecule has 182 valence electrons. The van der Waals surface area contributed by atoms with E-state index in [0.717, 1.165) is 50.2 Å². The zero-order valence-electron chi connectivity index (χ0n) is 20.3. The van der Waals surface area contributed by atoms with E-state index >= 15 is 0 Å². The molecule has 1 saturated carbocycles. The zero-order chi connectivity index (χ0) is 25.1. The van der Waals surface area contributed by atoms with Gasteiger partial charge >= 0.3 is 0 Å². The minimum absolute atomic E-state index is 0.316. The van der Waals surface area contributed by atoms with Crippen molar-refractivity contribution in [1.29, 1.82) is 0 Å². The summed E-state index contributed by atoms with van der Waals surface area (Å²) in [6.07, 6.45) is 6.49. The summed E-state index contributed by atoms with van der Waals surface area (Å²) >= 11 is 0. The van der Waals surface area contributed by atoms with Crippen LogP contribution in [-0.4, -0.2) is 40.3 Å². The summed E-state index contributed by atoms with van der Waals surface area (Å²) in [5.74, 6) is 0.690. The number of hydrogen-bond acceptors (Lipinski definition) is 6. The number of benzene rings is 2. The third-order valence-electron chi connectivity index (χ3n) is 7.32. The van der Waals surface area contributed by atoms with Gasteiger partial charge in [-0.2, -0.15) is 0 Å². The Hall–Kier alpha value is -4.40. The van der Waals surface area contributed by atoms with Crippen molar-refractivity contribution in [2.45, 2.75) is 24.5 Å². The van der Waals surface area contributed by atoms with Gasteiger partial charge in [0.25, 0.3) is 0 Å². The van der Waals surface area contributed by atoms with Crippen LogP contribution in [0.3, 0.4) is 0 Å². The number of pyridine rings is 2. The maximum absolute atomic E-state index is 9.78. The lowest BCUT2D eigenvalue weighted by Crippen LogP contribution is -2.51. The highest BCUT2D eigenvalue weighted by atomic mass is 16.3. The van der Waals surface area contributed by atoms with Gasteiger partial charge in [-0.3, -0.25) is 4.40 Å². The number of hydrogen-bond donors (Lipinski definition) is 2. The van der Waals surface area contributed by atoms with Gasteiger partial charge in [0.15, 0.2) is 11.5 Å². The summed E-state index contributed by atoms with van der Waals surface area (Å²) in [4.78, 5) is 9.57. The molecule has 37 heavy (non-hydrogen) atoms. The normalized spacial score (nSPS) is 19.4. The van der Waals surface area contributed by atoms with E-state index < -0.39 is 5.54 Å². The molecular weight excluding hydrogens is 462 g/mol. The molecule has 3 N–H and O–H groups in total. The largest absolute Gasteiger partial charge is 0.393 e. The molecule has 4 aromatic heterocycles. The van der Waals surface area contributed by atoms with Crippen molar-refractivity contribution in [2.24, 2.45) is 12.8 Å². The first-order valence-corrected chi connectivity index (χ1v) is 12.3. The molecule has 8 heteroatoms. The predicted octanol–water partition coefficient (Wildman–Crippen LogP) is 4.32. The smallest absolute Gasteiger partial charge is 0.188 e. The molecule has 4 heterocycles. The number of aromatic nitrogens is 6. The second-order valence-corrected chi connectivity index (χ2v) is 9.94. The number of fused-ring (bicyclic) bond motifs is 3. The SMILES string of the molecule is Cn1cnc(-c2nnc3c4cc(-c5ccccc5)c(-c5ccc(C6(N)CC(O)C6)cc5)nc4ccn23)c1. The number of imidazole rings is 1. The van der Waals surface area contributed by atoms with Crippen LogP contribution in [0, 0.1) is 0 Å². The van der Waals surface area contributed by atoms with Gasteiger partial charge in [0.1, 0.15) is 5.69 Å². The average Bonchev–Trinajstić information content (AvgIpc) is 3.54. The summed E-state index contributed by atoms with van der Waals surface area (Å²) in [6.45, 7) is 0. The number of aliphatic hydroxyl groups is 1. The third kappa shape index (κ3) is 3.53. The van der Waals surface area contributed by atoms with Gasteiger partial charge in [0.2, 0.25) is 0 Å². The number of aryl methyl sites for hydroxylation is 1. The summed E-state index contributed by atoms with van der Waals surface area (Å²) in [5.41, 5.74) is 13.4. The third-order valence-corrected chi connectivity index (χ3v) is 7.32. The van der Waals surface area contributed by atoms with E-state index in [1.54, 1.807) is 6.33 Å². The van der Waals surface area contributed by atoms with Crippen LogP contribution in [-0.2, 0) is 12.6 Å². The van der Waals surface area contributed by atoms with E-state index in [9.17, 15) is 5.11 Å². The van der Waals surface area contributed by atoms with E-state index in [2.05, 4.69) is 57.6 Å². The topological polar surface area (TPSA) is 107 Å². The number of rotatable bonds is 4. The van der Waals surface area contributed by atoms with Crippen LogP contribution < -0.4 is 5.73 Å². The van der Waals surface area contributed by atoms with E-state index in [1.165, 1.54) is 0 Å². The predicted molar refractivity (Wildman–Crippen MR) is 142 cm³/mol. The van der Waals surface area contributed by atoms with Gasteiger partial charge in [0.05, 0.1) is 23.6 Å². The first-order chi connectivity index (χ1) is 18.0. The maximum atomic E-state index is 9.78. The van der Waals surface area contributed by atoms with Crippen LogP contribution in [0.1, 0.15) is 18.4 Å². The Morgan fingerprint density at radius 3 is 2.46 bits per heavy atom. The Kier molecular flexibility index (Phi) is 4.76. The van der Waals surface area contributed by atoms with Crippen molar-refractivity contribution in [3.8, 4) is 33.9 Å². The number of aliphatic hydroxyl groups excluding tert-OH is 1. The standard InChI is InChI=1S/C29H25N7O/c1-35-16-25(31-17-35)28-34-33-27-23-13-22(18-5-3-2-4-6-18)26(32-24(23)11-12-36(27)28)19-7-9-20(10-8-19)29(30)14-21(37)15-29/h2-13,16-17,21,37H,14-15,30H2,1H3. The van der Waals surface area contributed by atoms with E-state index in [1.807, 2.05) is 52.7 Å². The first-order valence-electron chi connectivity index (χ1n) is 12.3. The molecule has 1 aliphatic carbocycles. The van der Waals surface area contributed by atoms with E-state index in [-0.39, 0.29) is 6.10 Å². The Morgan fingerprint density at radius 1 is 0.973 bits per heavy atom. The first kappa shape index (κ1) is 21.8. The monoisotopic (exact) mass is 487 g/mol. The van der Waals surface area contributed by atoms with Crippen molar-refractivity contribution in [2.75, 3.05) is 0 Å². The molecule has 1 aliphatic rings. The van der Waals surface area contributed by atoms with Crippen LogP contribution in [0.4, 0.5) is 0 Å². The van der Waals surface area contributed by atoms with Gasteiger partial charge < -0.3 is 15.4 Å². The van der Waals surface area contributed by atoms with E-state index in [0.29, 0.717) is 18.7 Å². The van der Waals surface area contributed by atoms with Crippen molar-refractivity contribution in [1.82, 2.24) is 29.1 Å². The maximum Gasteiger partial charge on any atom is 0.188 e. The zero-order valence-corrected chi connectivity index (χ0v) is 20.3. The van der Waals surface area contributed by atoms with Crippen LogP contribution in [0.2, 0.25) is 0 Å². The van der Waals surface area contributed by atoms with Crippen LogP contribution in [0.5, 0.6) is 0 Å². The molecule has 0 spiro atoms.